The molecule has 9 rings (SSSR count). The first-order chi connectivity index (χ1) is 31.0. The summed E-state index contributed by atoms with van der Waals surface area (Å²) in [6.45, 7) is 12.4. The highest BCUT2D eigenvalue weighted by Crippen LogP contribution is 2.57. The van der Waals surface area contributed by atoms with Gasteiger partial charge in [0.1, 0.15) is 0 Å². The number of hydrogen-bond acceptors (Lipinski definition) is 4. The average Bonchev–Trinajstić information content (AvgIpc) is 3.62. The smallest absolute Gasteiger partial charge is 0.0624 e. The molecule has 4 nitrogen and oxygen atoms in total. The predicted octanol–water partition coefficient (Wildman–Crippen LogP) is 16.7. The highest BCUT2D eigenvalue weighted by Gasteiger charge is 2.43. The number of nitrogens with zero attached hydrogens (tertiary/aromatic N) is 4. The van der Waals surface area contributed by atoms with Gasteiger partial charge < -0.3 is 9.80 Å². The fourth-order valence-corrected chi connectivity index (χ4v) is 9.42. The summed E-state index contributed by atoms with van der Waals surface area (Å²) in [6, 6.07) is 62.0. The first-order valence-corrected chi connectivity index (χ1v) is 22.4. The highest BCUT2D eigenvalue weighted by atomic mass is 15.1. The minimum Gasteiger partial charge on any atom is -0.310 e. The van der Waals surface area contributed by atoms with E-state index in [0.29, 0.717) is 0 Å². The molecule has 0 atom stereocenters. The molecule has 8 aromatic rings. The van der Waals surface area contributed by atoms with Gasteiger partial charge in [-0.2, -0.15) is 0 Å². The Balaban J connectivity index is 1.15. The summed E-state index contributed by atoms with van der Waals surface area (Å²) in [6.07, 6.45) is 14.2. The number of aromatic nitrogens is 2. The number of rotatable bonds is 16. The van der Waals surface area contributed by atoms with Crippen molar-refractivity contribution in [1.82, 2.24) is 9.97 Å². The molecule has 0 fully saturated rings. The van der Waals surface area contributed by atoms with Gasteiger partial charge in [-0.3, -0.25) is 9.97 Å². The third-order valence-electron chi connectivity index (χ3n) is 12.7. The van der Waals surface area contributed by atoms with Gasteiger partial charge in [0, 0.05) is 63.1 Å². The second-order valence-corrected chi connectivity index (χ2v) is 16.5. The van der Waals surface area contributed by atoms with E-state index >= 15 is 0 Å². The van der Waals surface area contributed by atoms with E-state index in [1.165, 1.54) is 22.3 Å². The van der Waals surface area contributed by atoms with Crippen molar-refractivity contribution in [2.75, 3.05) is 9.80 Å². The van der Waals surface area contributed by atoms with Gasteiger partial charge in [0.05, 0.1) is 11.4 Å². The summed E-state index contributed by atoms with van der Waals surface area (Å²) in [7, 11) is 0. The SMILES string of the molecule is C=Cc1ccc(-c2ccc(N(c3ccccc3)c3ccc4c(c3)C(CCCC)(CCCC)c3cc(N(c5ccccc5)c5ccc(-c6ccc(C=C)nc6)cc5)ccc3-4)cc2)cn1. The molecular formula is C59H54N4. The zero-order chi connectivity index (χ0) is 43.2. The highest BCUT2D eigenvalue weighted by molar-refractivity contribution is 5.89. The van der Waals surface area contributed by atoms with Crippen LogP contribution < -0.4 is 9.80 Å². The summed E-state index contributed by atoms with van der Waals surface area (Å²) in [5.41, 5.74) is 18.4. The molecule has 0 bridgehead atoms. The number of unbranched alkanes of at least 4 members (excludes halogenated alkanes) is 2. The first kappa shape index (κ1) is 41.1. The molecule has 310 valence electrons. The van der Waals surface area contributed by atoms with Crippen LogP contribution in [0.2, 0.25) is 0 Å². The van der Waals surface area contributed by atoms with Crippen molar-refractivity contribution in [3.8, 4) is 33.4 Å². The number of benzene rings is 6. The van der Waals surface area contributed by atoms with E-state index in [0.717, 1.165) is 106 Å². The molecule has 0 N–H and O–H groups in total. The summed E-state index contributed by atoms with van der Waals surface area (Å²) < 4.78 is 0. The van der Waals surface area contributed by atoms with Crippen molar-refractivity contribution in [2.24, 2.45) is 0 Å². The van der Waals surface area contributed by atoms with E-state index < -0.39 is 0 Å². The van der Waals surface area contributed by atoms with E-state index in [1.54, 1.807) is 12.2 Å². The third-order valence-corrected chi connectivity index (χ3v) is 12.7. The van der Waals surface area contributed by atoms with Crippen LogP contribution in [-0.4, -0.2) is 9.97 Å². The molecule has 4 heteroatoms. The second kappa shape index (κ2) is 18.4. The first-order valence-electron chi connectivity index (χ1n) is 22.4. The third kappa shape index (κ3) is 8.13. The molecule has 0 unspecified atom stereocenters. The van der Waals surface area contributed by atoms with Crippen molar-refractivity contribution >= 4 is 46.3 Å². The van der Waals surface area contributed by atoms with Crippen LogP contribution in [0, 0.1) is 0 Å². The number of pyridine rings is 2. The monoisotopic (exact) mass is 818 g/mol. The van der Waals surface area contributed by atoms with Gasteiger partial charge in [0.25, 0.3) is 0 Å². The quantitative estimate of drug-likeness (QED) is 0.0972. The van der Waals surface area contributed by atoms with Crippen LogP contribution in [0.15, 0.2) is 195 Å². The minimum absolute atomic E-state index is 0.143. The summed E-state index contributed by atoms with van der Waals surface area (Å²) in [5, 5.41) is 0. The molecule has 2 heterocycles. The number of hydrogen-bond donors (Lipinski definition) is 0. The number of fused-ring (bicyclic) bond motifs is 3. The molecular weight excluding hydrogens is 765 g/mol. The van der Waals surface area contributed by atoms with Gasteiger partial charge >= 0.3 is 0 Å². The van der Waals surface area contributed by atoms with E-state index in [-0.39, 0.29) is 5.41 Å². The molecule has 1 aliphatic carbocycles. The summed E-state index contributed by atoms with van der Waals surface area (Å²) in [5.74, 6) is 0. The molecule has 0 saturated heterocycles. The van der Waals surface area contributed by atoms with Crippen LogP contribution in [-0.2, 0) is 5.41 Å². The summed E-state index contributed by atoms with van der Waals surface area (Å²) >= 11 is 0. The normalized spacial score (nSPS) is 12.3. The molecule has 0 spiro atoms. The lowest BCUT2D eigenvalue weighted by Crippen LogP contribution is -2.26. The topological polar surface area (TPSA) is 32.3 Å². The molecule has 0 saturated carbocycles. The zero-order valence-electron chi connectivity index (χ0n) is 36.4. The maximum absolute atomic E-state index is 4.56. The van der Waals surface area contributed by atoms with Gasteiger partial charge in [-0.1, -0.05) is 138 Å². The number of para-hydroxylation sites is 2. The van der Waals surface area contributed by atoms with Crippen molar-refractivity contribution in [1.29, 1.82) is 0 Å². The standard InChI is InChI=1S/C59H54N4/c1-5-9-37-59(38-10-6-2)57-39-53(62(49-17-13-11-14-18-49)51-29-23-43(24-30-51)45-21-27-47(7-3)60-41-45)33-35-55(57)56-36-34-54(40-58(56)59)63(50-19-15-12-16-20-50)52-31-25-44(26-32-52)46-22-28-48(8-4)61-42-46/h7-8,11-36,39-42H,3-6,9-10,37-38H2,1-2H3. The Morgan fingerprint density at radius 2 is 0.794 bits per heavy atom. The molecule has 2 aromatic heterocycles. The lowest BCUT2D eigenvalue weighted by Gasteiger charge is -2.35. The Hall–Kier alpha value is -7.30. The van der Waals surface area contributed by atoms with E-state index in [2.05, 4.69) is 204 Å². The Kier molecular flexibility index (Phi) is 12.0. The van der Waals surface area contributed by atoms with Crippen molar-refractivity contribution in [3.63, 3.8) is 0 Å². The van der Waals surface area contributed by atoms with Crippen molar-refractivity contribution in [2.45, 2.75) is 57.8 Å². The minimum atomic E-state index is -0.143. The summed E-state index contributed by atoms with van der Waals surface area (Å²) in [4.78, 5) is 13.9. The van der Waals surface area contributed by atoms with Crippen molar-refractivity contribution < 1.29 is 0 Å². The second-order valence-electron chi connectivity index (χ2n) is 16.5. The van der Waals surface area contributed by atoms with Gasteiger partial charge in [-0.15, -0.1) is 0 Å². The molecule has 0 radical (unpaired) electrons. The van der Waals surface area contributed by atoms with Crippen molar-refractivity contribution in [3.05, 3.63) is 218 Å². The molecule has 0 amide bonds. The largest absolute Gasteiger partial charge is 0.310 e. The average molecular weight is 819 g/mol. The van der Waals surface area contributed by atoms with Gasteiger partial charge in [0.15, 0.2) is 0 Å². The maximum atomic E-state index is 4.56. The van der Waals surface area contributed by atoms with E-state index in [4.69, 9.17) is 0 Å². The molecule has 0 aliphatic heterocycles. The Labute approximate surface area is 373 Å². The lowest BCUT2D eigenvalue weighted by atomic mass is 9.70. The fraction of sp³-hybridized carbons (Fsp3) is 0.153. The Morgan fingerprint density at radius 3 is 1.14 bits per heavy atom. The maximum Gasteiger partial charge on any atom is 0.0624 e. The number of anilines is 6. The van der Waals surface area contributed by atoms with E-state index in [1.807, 2.05) is 24.5 Å². The Morgan fingerprint density at radius 1 is 0.429 bits per heavy atom. The lowest BCUT2D eigenvalue weighted by molar-refractivity contribution is 0.414. The van der Waals surface area contributed by atoms with E-state index in [9.17, 15) is 0 Å². The van der Waals surface area contributed by atoms with Gasteiger partial charge in [-0.05, 0) is 143 Å². The van der Waals surface area contributed by atoms with Gasteiger partial charge in [-0.25, -0.2) is 0 Å². The van der Waals surface area contributed by atoms with Crippen LogP contribution in [0.3, 0.4) is 0 Å². The molecule has 6 aromatic carbocycles. The van der Waals surface area contributed by atoms with Crippen LogP contribution in [0.4, 0.5) is 34.1 Å². The molecule has 63 heavy (non-hydrogen) atoms. The predicted molar refractivity (Wildman–Crippen MR) is 268 cm³/mol. The zero-order valence-corrected chi connectivity index (χ0v) is 36.4. The van der Waals surface area contributed by atoms with Crippen LogP contribution in [0.5, 0.6) is 0 Å². The molecule has 1 aliphatic rings. The van der Waals surface area contributed by atoms with Crippen LogP contribution in [0.25, 0.3) is 45.5 Å². The van der Waals surface area contributed by atoms with Gasteiger partial charge in [0.2, 0.25) is 0 Å². The van der Waals surface area contributed by atoms with Crippen LogP contribution in [0.1, 0.15) is 74.9 Å². The fourth-order valence-electron chi connectivity index (χ4n) is 9.42. The Bertz CT molecular complexity index is 2610. The van der Waals surface area contributed by atoms with Crippen LogP contribution >= 0.6 is 0 Å².